The number of phenolic OH excluding ortho intramolecular Hbond substituents is 1. The summed E-state index contributed by atoms with van der Waals surface area (Å²) in [7, 11) is 1.65. The van der Waals surface area contributed by atoms with E-state index in [9.17, 15) is 5.11 Å². The van der Waals surface area contributed by atoms with Gasteiger partial charge in [0, 0.05) is 22.2 Å². The van der Waals surface area contributed by atoms with Crippen molar-refractivity contribution in [2.75, 3.05) is 7.11 Å². The Bertz CT molecular complexity index is 793. The minimum absolute atomic E-state index is 0.0884. The summed E-state index contributed by atoms with van der Waals surface area (Å²) in [6.45, 7) is 2.02. The van der Waals surface area contributed by atoms with Crippen LogP contribution in [0.3, 0.4) is 0 Å². The molecule has 0 saturated heterocycles. The Morgan fingerprint density at radius 2 is 1.95 bits per heavy atom. The highest BCUT2D eigenvalue weighted by Crippen LogP contribution is 2.37. The number of aryl methyl sites for hydroxylation is 1. The molecule has 0 bridgehead atoms. The molecular weight excluding hydrogens is 274 g/mol. The number of aromatic amines is 1. The molecule has 0 amide bonds. The molecule has 0 unspecified atom stereocenters. The van der Waals surface area contributed by atoms with Crippen molar-refractivity contribution in [3.05, 3.63) is 47.1 Å². The Hall–Kier alpha value is -2.13. The minimum atomic E-state index is 0.0884. The van der Waals surface area contributed by atoms with E-state index < -0.39 is 0 Å². The van der Waals surface area contributed by atoms with Gasteiger partial charge < -0.3 is 14.8 Å². The van der Waals surface area contributed by atoms with Crippen LogP contribution in [0.25, 0.3) is 22.0 Å². The number of benzene rings is 2. The quantitative estimate of drug-likeness (QED) is 0.728. The highest BCUT2D eigenvalue weighted by atomic mass is 35.5. The third-order valence-electron chi connectivity index (χ3n) is 3.43. The molecule has 0 aliphatic heterocycles. The number of methoxy groups -OCH3 is 1. The molecule has 0 fully saturated rings. The van der Waals surface area contributed by atoms with Crippen LogP contribution < -0.4 is 4.74 Å². The van der Waals surface area contributed by atoms with Gasteiger partial charge in [0.15, 0.2) is 0 Å². The standard InChI is InChI=1S/C16H14ClNO2/c1-9-16(10-3-6-15(19)13(17)7-10)12-8-11(20-2)4-5-14(12)18-9/h3-8,18-19H,1-2H3. The number of ether oxygens (including phenoxy) is 1. The van der Waals surface area contributed by atoms with Crippen molar-refractivity contribution in [1.29, 1.82) is 0 Å². The van der Waals surface area contributed by atoms with Crippen molar-refractivity contribution in [3.8, 4) is 22.6 Å². The highest BCUT2D eigenvalue weighted by Gasteiger charge is 2.12. The van der Waals surface area contributed by atoms with Crippen LogP contribution in [0.1, 0.15) is 5.69 Å². The van der Waals surface area contributed by atoms with Crippen LogP contribution in [-0.4, -0.2) is 17.2 Å². The van der Waals surface area contributed by atoms with Gasteiger partial charge in [0.1, 0.15) is 11.5 Å². The van der Waals surface area contributed by atoms with E-state index in [1.807, 2.05) is 31.2 Å². The predicted molar refractivity (Wildman–Crippen MR) is 81.7 cm³/mol. The third-order valence-corrected chi connectivity index (χ3v) is 3.73. The number of halogens is 1. The highest BCUT2D eigenvalue weighted by molar-refractivity contribution is 6.32. The number of H-pyrrole nitrogens is 1. The SMILES string of the molecule is COc1ccc2[nH]c(C)c(-c3ccc(O)c(Cl)c3)c2c1. The molecule has 0 aliphatic carbocycles. The van der Waals surface area contributed by atoms with E-state index >= 15 is 0 Å². The monoisotopic (exact) mass is 287 g/mol. The molecule has 0 atom stereocenters. The Morgan fingerprint density at radius 1 is 1.15 bits per heavy atom. The predicted octanol–water partition coefficient (Wildman–Crippen LogP) is 4.51. The fourth-order valence-corrected chi connectivity index (χ4v) is 2.65. The van der Waals surface area contributed by atoms with Crippen molar-refractivity contribution in [2.24, 2.45) is 0 Å². The lowest BCUT2D eigenvalue weighted by Gasteiger charge is -2.05. The largest absolute Gasteiger partial charge is 0.506 e. The van der Waals surface area contributed by atoms with E-state index in [-0.39, 0.29) is 5.75 Å². The molecule has 2 N–H and O–H groups in total. The number of rotatable bonds is 2. The number of hydrogen-bond donors (Lipinski definition) is 2. The van der Waals surface area contributed by atoms with Crippen molar-refractivity contribution in [2.45, 2.75) is 6.92 Å². The van der Waals surface area contributed by atoms with Gasteiger partial charge in [-0.15, -0.1) is 0 Å². The van der Waals surface area contributed by atoms with E-state index in [4.69, 9.17) is 16.3 Å². The van der Waals surface area contributed by atoms with E-state index in [2.05, 4.69) is 4.98 Å². The molecule has 3 nitrogen and oxygen atoms in total. The van der Waals surface area contributed by atoms with E-state index in [1.54, 1.807) is 19.2 Å². The van der Waals surface area contributed by atoms with Crippen molar-refractivity contribution >= 4 is 22.5 Å². The van der Waals surface area contributed by atoms with Gasteiger partial charge in [-0.25, -0.2) is 0 Å². The van der Waals surface area contributed by atoms with E-state index in [1.165, 1.54) is 0 Å². The van der Waals surface area contributed by atoms with Gasteiger partial charge >= 0.3 is 0 Å². The number of nitrogens with one attached hydrogen (secondary N) is 1. The lowest BCUT2D eigenvalue weighted by atomic mass is 10.0. The summed E-state index contributed by atoms with van der Waals surface area (Å²) >= 11 is 6.01. The number of phenols is 1. The Morgan fingerprint density at radius 3 is 2.65 bits per heavy atom. The van der Waals surface area contributed by atoms with Crippen LogP contribution in [-0.2, 0) is 0 Å². The average Bonchev–Trinajstić information content (AvgIpc) is 2.77. The fraction of sp³-hybridized carbons (Fsp3) is 0.125. The van der Waals surface area contributed by atoms with Crippen molar-refractivity contribution in [1.82, 2.24) is 4.98 Å². The summed E-state index contributed by atoms with van der Waals surface area (Å²) in [6, 6.07) is 11.1. The van der Waals surface area contributed by atoms with Gasteiger partial charge in [0.25, 0.3) is 0 Å². The molecule has 4 heteroatoms. The first-order valence-corrected chi connectivity index (χ1v) is 6.63. The zero-order valence-electron chi connectivity index (χ0n) is 11.2. The van der Waals surface area contributed by atoms with Crippen LogP contribution in [0.4, 0.5) is 0 Å². The Balaban J connectivity index is 2.28. The van der Waals surface area contributed by atoms with Gasteiger partial charge in [-0.2, -0.15) is 0 Å². The molecule has 102 valence electrons. The normalized spacial score (nSPS) is 10.9. The van der Waals surface area contributed by atoms with Gasteiger partial charge in [-0.05, 0) is 42.8 Å². The maximum Gasteiger partial charge on any atom is 0.134 e. The molecule has 3 rings (SSSR count). The first kappa shape index (κ1) is 12.9. The van der Waals surface area contributed by atoms with Crippen LogP contribution in [0.2, 0.25) is 5.02 Å². The molecule has 0 spiro atoms. The van der Waals surface area contributed by atoms with Crippen LogP contribution >= 0.6 is 11.6 Å². The minimum Gasteiger partial charge on any atom is -0.506 e. The summed E-state index contributed by atoms with van der Waals surface area (Å²) in [6.07, 6.45) is 0. The Kier molecular flexibility index (Phi) is 3.07. The van der Waals surface area contributed by atoms with Gasteiger partial charge in [-0.1, -0.05) is 17.7 Å². The summed E-state index contributed by atoms with van der Waals surface area (Å²) in [4.78, 5) is 3.35. The zero-order valence-corrected chi connectivity index (χ0v) is 12.0. The molecule has 3 aromatic rings. The molecule has 20 heavy (non-hydrogen) atoms. The van der Waals surface area contributed by atoms with Crippen LogP contribution in [0.5, 0.6) is 11.5 Å². The van der Waals surface area contributed by atoms with Gasteiger partial charge in [0.05, 0.1) is 12.1 Å². The molecular formula is C16H14ClNO2. The smallest absolute Gasteiger partial charge is 0.134 e. The van der Waals surface area contributed by atoms with Gasteiger partial charge in [0.2, 0.25) is 0 Å². The maximum atomic E-state index is 9.55. The van der Waals surface area contributed by atoms with Crippen molar-refractivity contribution in [3.63, 3.8) is 0 Å². The first-order chi connectivity index (χ1) is 9.60. The zero-order chi connectivity index (χ0) is 14.3. The topological polar surface area (TPSA) is 45.2 Å². The maximum absolute atomic E-state index is 9.55. The second kappa shape index (κ2) is 4.76. The van der Waals surface area contributed by atoms with E-state index in [0.29, 0.717) is 5.02 Å². The number of hydrogen-bond acceptors (Lipinski definition) is 2. The Labute approximate surface area is 121 Å². The molecule has 2 aromatic carbocycles. The van der Waals surface area contributed by atoms with Crippen LogP contribution in [0.15, 0.2) is 36.4 Å². The summed E-state index contributed by atoms with van der Waals surface area (Å²) < 4.78 is 5.29. The number of aromatic hydroxyl groups is 1. The molecule has 0 radical (unpaired) electrons. The van der Waals surface area contributed by atoms with Crippen molar-refractivity contribution < 1.29 is 9.84 Å². The second-order valence-corrected chi connectivity index (χ2v) is 5.11. The molecule has 0 saturated carbocycles. The summed E-state index contributed by atoms with van der Waals surface area (Å²) in [5, 5.41) is 11.0. The lowest BCUT2D eigenvalue weighted by molar-refractivity contribution is 0.415. The van der Waals surface area contributed by atoms with E-state index in [0.717, 1.165) is 33.5 Å². The summed E-state index contributed by atoms with van der Waals surface area (Å²) in [5.41, 5.74) is 4.13. The fourth-order valence-electron chi connectivity index (χ4n) is 2.47. The lowest BCUT2D eigenvalue weighted by Crippen LogP contribution is -1.83. The molecule has 0 aliphatic rings. The third kappa shape index (κ3) is 2.00. The summed E-state index contributed by atoms with van der Waals surface area (Å²) in [5.74, 6) is 0.896. The molecule has 1 aromatic heterocycles. The average molecular weight is 288 g/mol. The number of fused-ring (bicyclic) bond motifs is 1. The van der Waals surface area contributed by atoms with Crippen LogP contribution in [0, 0.1) is 6.92 Å². The molecule has 1 heterocycles. The second-order valence-electron chi connectivity index (χ2n) is 4.70. The number of aromatic nitrogens is 1. The first-order valence-electron chi connectivity index (χ1n) is 6.25. The van der Waals surface area contributed by atoms with Gasteiger partial charge in [-0.3, -0.25) is 0 Å².